The smallest absolute Gasteiger partial charge is 0.157 e. The molecule has 0 aliphatic rings. The van der Waals surface area contributed by atoms with E-state index in [4.69, 9.17) is 10.2 Å². The maximum Gasteiger partial charge on any atom is 0.157 e. The van der Waals surface area contributed by atoms with E-state index in [9.17, 15) is 0 Å². The van der Waals surface area contributed by atoms with Crippen molar-refractivity contribution >= 4 is 0 Å². The molecule has 0 aromatic carbocycles. The van der Waals surface area contributed by atoms with E-state index < -0.39 is 0 Å². The van der Waals surface area contributed by atoms with Gasteiger partial charge < -0.3 is 15.5 Å². The van der Waals surface area contributed by atoms with Gasteiger partial charge in [0.15, 0.2) is 5.76 Å². The lowest BCUT2D eigenvalue weighted by atomic mass is 10.2. The molecule has 0 bridgehead atoms. The predicted molar refractivity (Wildman–Crippen MR) is 50.2 cm³/mol. The van der Waals surface area contributed by atoms with Gasteiger partial charge in [-0.2, -0.15) is 0 Å². The monoisotopic (exact) mass is 169 g/mol. The first kappa shape index (κ1) is 10.8. The van der Waals surface area contributed by atoms with E-state index in [1.165, 1.54) is 6.08 Å². The van der Waals surface area contributed by atoms with E-state index >= 15 is 0 Å². The van der Waals surface area contributed by atoms with Crippen molar-refractivity contribution in [3.05, 3.63) is 36.3 Å². The van der Waals surface area contributed by atoms with Crippen LogP contribution in [0.5, 0.6) is 0 Å². The number of hydrogen-bond acceptors (Lipinski definition) is 3. The zero-order valence-electron chi connectivity index (χ0n) is 7.30. The molecule has 0 saturated heterocycles. The SMILES string of the molecule is C=C(/C=C(/O)C(=C)O)CCNC. The highest BCUT2D eigenvalue weighted by molar-refractivity contribution is 5.25. The molecule has 0 aliphatic heterocycles. The summed E-state index contributed by atoms with van der Waals surface area (Å²) in [7, 11) is 1.84. The topological polar surface area (TPSA) is 52.5 Å². The molecule has 0 aromatic heterocycles. The molecule has 12 heavy (non-hydrogen) atoms. The van der Waals surface area contributed by atoms with Crippen LogP contribution in [0.3, 0.4) is 0 Å². The third-order valence-corrected chi connectivity index (χ3v) is 1.33. The van der Waals surface area contributed by atoms with Crippen LogP contribution in [0.4, 0.5) is 0 Å². The summed E-state index contributed by atoms with van der Waals surface area (Å²) >= 11 is 0. The molecule has 3 nitrogen and oxygen atoms in total. The highest BCUT2D eigenvalue weighted by Gasteiger charge is 1.97. The van der Waals surface area contributed by atoms with Crippen molar-refractivity contribution in [1.82, 2.24) is 5.32 Å². The molecule has 0 aromatic rings. The van der Waals surface area contributed by atoms with Gasteiger partial charge in [0, 0.05) is 0 Å². The molecular formula is C9H15NO2. The molecule has 0 rings (SSSR count). The molecule has 0 spiro atoms. The third-order valence-electron chi connectivity index (χ3n) is 1.33. The van der Waals surface area contributed by atoms with E-state index in [0.29, 0.717) is 0 Å². The second-order valence-electron chi connectivity index (χ2n) is 2.49. The second kappa shape index (κ2) is 5.43. The summed E-state index contributed by atoms with van der Waals surface area (Å²) in [5.41, 5.74) is 0.747. The minimum Gasteiger partial charge on any atom is -0.505 e. The molecule has 0 radical (unpaired) electrons. The maximum atomic E-state index is 9.03. The highest BCUT2D eigenvalue weighted by Crippen LogP contribution is 2.06. The van der Waals surface area contributed by atoms with Gasteiger partial charge in [-0.25, -0.2) is 0 Å². The summed E-state index contributed by atoms with van der Waals surface area (Å²) < 4.78 is 0. The van der Waals surface area contributed by atoms with Crippen molar-refractivity contribution < 1.29 is 10.2 Å². The zero-order valence-corrected chi connectivity index (χ0v) is 7.30. The zero-order chi connectivity index (χ0) is 9.56. The fourth-order valence-corrected chi connectivity index (χ4v) is 0.634. The van der Waals surface area contributed by atoms with Gasteiger partial charge in [-0.3, -0.25) is 0 Å². The molecule has 0 unspecified atom stereocenters. The normalized spacial score (nSPS) is 11.2. The average molecular weight is 169 g/mol. The molecule has 0 fully saturated rings. The Kier molecular flexibility index (Phi) is 4.88. The van der Waals surface area contributed by atoms with Crippen molar-refractivity contribution in [2.75, 3.05) is 13.6 Å². The Morgan fingerprint density at radius 3 is 2.42 bits per heavy atom. The Hall–Kier alpha value is -1.22. The summed E-state index contributed by atoms with van der Waals surface area (Å²) in [6.07, 6.45) is 2.13. The van der Waals surface area contributed by atoms with E-state index in [1.54, 1.807) is 0 Å². The predicted octanol–water partition coefficient (Wildman–Crippen LogP) is 1.67. The maximum absolute atomic E-state index is 9.03. The van der Waals surface area contributed by atoms with Gasteiger partial charge in [0.25, 0.3) is 0 Å². The van der Waals surface area contributed by atoms with Crippen LogP contribution in [0, 0.1) is 0 Å². The number of allylic oxidation sites excluding steroid dienone is 1. The first-order valence-corrected chi connectivity index (χ1v) is 3.69. The van der Waals surface area contributed by atoms with Crippen molar-refractivity contribution in [1.29, 1.82) is 0 Å². The molecule has 68 valence electrons. The van der Waals surface area contributed by atoms with Gasteiger partial charge in [-0.1, -0.05) is 18.7 Å². The average Bonchev–Trinajstić information content (AvgIpc) is 2.00. The van der Waals surface area contributed by atoms with Crippen LogP contribution in [-0.4, -0.2) is 23.8 Å². The van der Waals surface area contributed by atoms with Gasteiger partial charge in [-0.15, -0.1) is 0 Å². The lowest BCUT2D eigenvalue weighted by Crippen LogP contribution is -2.07. The molecule has 3 heteroatoms. The number of aliphatic hydroxyl groups is 2. The van der Waals surface area contributed by atoms with E-state index in [2.05, 4.69) is 18.5 Å². The van der Waals surface area contributed by atoms with Crippen LogP contribution < -0.4 is 5.32 Å². The second-order valence-corrected chi connectivity index (χ2v) is 2.49. The van der Waals surface area contributed by atoms with E-state index in [1.807, 2.05) is 7.05 Å². The van der Waals surface area contributed by atoms with Gasteiger partial charge in [0.1, 0.15) is 5.76 Å². The Morgan fingerprint density at radius 2 is 2.00 bits per heavy atom. The summed E-state index contributed by atoms with van der Waals surface area (Å²) in [5, 5.41) is 20.7. The Morgan fingerprint density at radius 1 is 1.42 bits per heavy atom. The lowest BCUT2D eigenvalue weighted by molar-refractivity contribution is 0.328. The van der Waals surface area contributed by atoms with E-state index in [0.717, 1.165) is 18.5 Å². The molecule has 0 amide bonds. The largest absolute Gasteiger partial charge is 0.505 e. The van der Waals surface area contributed by atoms with Crippen LogP contribution in [0.25, 0.3) is 0 Å². The van der Waals surface area contributed by atoms with Crippen LogP contribution in [0.15, 0.2) is 36.3 Å². The Labute approximate surface area is 72.7 Å². The minimum absolute atomic E-state index is 0.226. The first-order valence-electron chi connectivity index (χ1n) is 3.69. The van der Waals surface area contributed by atoms with Crippen LogP contribution >= 0.6 is 0 Å². The van der Waals surface area contributed by atoms with Crippen LogP contribution in [0.2, 0.25) is 0 Å². The number of aliphatic hydroxyl groups excluding tert-OH is 2. The van der Waals surface area contributed by atoms with Crippen LogP contribution in [0.1, 0.15) is 6.42 Å². The Balaban J connectivity index is 3.97. The fourth-order valence-electron chi connectivity index (χ4n) is 0.634. The van der Waals surface area contributed by atoms with Crippen LogP contribution in [-0.2, 0) is 0 Å². The third kappa shape index (κ3) is 4.57. The summed E-state index contributed by atoms with van der Waals surface area (Å²) in [5.74, 6) is -0.559. The van der Waals surface area contributed by atoms with Crippen molar-refractivity contribution in [2.24, 2.45) is 0 Å². The molecule has 0 atom stereocenters. The van der Waals surface area contributed by atoms with Crippen molar-refractivity contribution in [3.8, 4) is 0 Å². The minimum atomic E-state index is -0.333. The molecule has 0 heterocycles. The van der Waals surface area contributed by atoms with Gasteiger partial charge in [0.05, 0.1) is 0 Å². The van der Waals surface area contributed by atoms with Gasteiger partial charge in [0.2, 0.25) is 0 Å². The summed E-state index contributed by atoms with van der Waals surface area (Å²) in [6.45, 7) is 7.65. The van der Waals surface area contributed by atoms with Gasteiger partial charge in [-0.05, 0) is 26.1 Å². The lowest BCUT2D eigenvalue weighted by Gasteiger charge is -2.00. The summed E-state index contributed by atoms with van der Waals surface area (Å²) in [4.78, 5) is 0. The van der Waals surface area contributed by atoms with Gasteiger partial charge >= 0.3 is 0 Å². The fraction of sp³-hybridized carbons (Fsp3) is 0.333. The van der Waals surface area contributed by atoms with Crippen molar-refractivity contribution in [3.63, 3.8) is 0 Å². The van der Waals surface area contributed by atoms with Crippen molar-refractivity contribution in [2.45, 2.75) is 6.42 Å². The number of nitrogens with one attached hydrogen (secondary N) is 1. The van der Waals surface area contributed by atoms with E-state index in [-0.39, 0.29) is 11.5 Å². The quantitative estimate of drug-likeness (QED) is 0.433. The molecule has 0 aliphatic carbocycles. The number of rotatable bonds is 5. The Bertz CT molecular complexity index is 207. The first-order chi connectivity index (χ1) is 5.57. The molecule has 3 N–H and O–H groups in total. The summed E-state index contributed by atoms with van der Waals surface area (Å²) in [6, 6.07) is 0. The highest BCUT2D eigenvalue weighted by atomic mass is 16.3. The molecular weight excluding hydrogens is 154 g/mol. The number of hydrogen-bond donors (Lipinski definition) is 3. The molecule has 0 saturated carbocycles. The standard InChI is InChI=1S/C9H15NO2/c1-7(4-5-10-3)6-9(12)8(2)11/h6,10-12H,1-2,4-5H2,3H3/b9-6+.